The summed E-state index contributed by atoms with van der Waals surface area (Å²) in [6.07, 6.45) is 0. The maximum absolute atomic E-state index is 12.6. The van der Waals surface area contributed by atoms with E-state index >= 15 is 0 Å². The van der Waals surface area contributed by atoms with Gasteiger partial charge in [0.1, 0.15) is 11.3 Å². The summed E-state index contributed by atoms with van der Waals surface area (Å²) >= 11 is 5.83. The lowest BCUT2D eigenvalue weighted by Crippen LogP contribution is -2.36. The summed E-state index contributed by atoms with van der Waals surface area (Å²) in [5, 5.41) is 13.7. The lowest BCUT2D eigenvalue weighted by Gasteiger charge is -2.21. The van der Waals surface area contributed by atoms with Crippen LogP contribution in [0.3, 0.4) is 0 Å². The molecule has 1 saturated heterocycles. The van der Waals surface area contributed by atoms with E-state index in [4.69, 9.17) is 16.3 Å². The average Bonchev–Trinajstić information content (AvgIpc) is 3.03. The number of anilines is 1. The zero-order valence-corrected chi connectivity index (χ0v) is 13.3. The molecule has 0 aliphatic carbocycles. The number of carbonyl (C=O) groups excluding carboxylic acids is 3. The Bertz CT molecular complexity index is 979. The van der Waals surface area contributed by atoms with Gasteiger partial charge in [-0.2, -0.15) is 0 Å². The van der Waals surface area contributed by atoms with E-state index in [0.717, 1.165) is 0 Å². The smallest absolute Gasteiger partial charge is 0.381 e. The van der Waals surface area contributed by atoms with E-state index in [1.54, 1.807) is 24.3 Å². The summed E-state index contributed by atoms with van der Waals surface area (Å²) in [7, 11) is 0. The summed E-state index contributed by atoms with van der Waals surface area (Å²) in [5.41, 5.74) is -1.44. The molecule has 2 N–H and O–H groups in total. The van der Waals surface area contributed by atoms with Crippen LogP contribution in [0.15, 0.2) is 54.1 Å². The molecule has 1 amide bonds. The van der Waals surface area contributed by atoms with Gasteiger partial charge >= 0.3 is 5.97 Å². The lowest BCUT2D eigenvalue weighted by molar-refractivity contribution is -0.157. The maximum atomic E-state index is 12.6. The number of ketones is 1. The summed E-state index contributed by atoms with van der Waals surface area (Å²) in [4.78, 5) is 37.0. The number of esters is 1. The van der Waals surface area contributed by atoms with Gasteiger partial charge in [-0.3, -0.25) is 9.59 Å². The number of hydrogen-bond acceptors (Lipinski definition) is 5. The standard InChI is InChI=1S/C18H10ClNO5/c19-10-7-5-9(6-8-10)14(21)13-15(22)16(23)25-18(13)11-3-1-2-4-12(11)20-17(18)24/h1-8,21H,(H,20,24)/t18-/m1/s1. The lowest BCUT2D eigenvalue weighted by atomic mass is 9.85. The third-order valence-electron chi connectivity index (χ3n) is 4.24. The third kappa shape index (κ3) is 2.01. The van der Waals surface area contributed by atoms with Crippen LogP contribution in [0.25, 0.3) is 5.76 Å². The normalized spacial score (nSPS) is 23.5. The van der Waals surface area contributed by atoms with Gasteiger partial charge in [-0.25, -0.2) is 4.79 Å². The Morgan fingerprint density at radius 3 is 2.44 bits per heavy atom. The van der Waals surface area contributed by atoms with Crippen LogP contribution in [0.2, 0.25) is 5.02 Å². The monoisotopic (exact) mass is 355 g/mol. The first-order valence-corrected chi connectivity index (χ1v) is 7.71. The van der Waals surface area contributed by atoms with Gasteiger partial charge in [-0.05, 0) is 30.3 Å². The molecule has 0 saturated carbocycles. The van der Waals surface area contributed by atoms with Gasteiger partial charge in [0, 0.05) is 21.8 Å². The fourth-order valence-corrected chi connectivity index (χ4v) is 3.23. The van der Waals surface area contributed by atoms with Crippen LogP contribution in [0.1, 0.15) is 11.1 Å². The fourth-order valence-electron chi connectivity index (χ4n) is 3.11. The molecule has 2 heterocycles. The van der Waals surface area contributed by atoms with Crippen molar-refractivity contribution in [1.82, 2.24) is 0 Å². The first-order chi connectivity index (χ1) is 11.9. The van der Waals surface area contributed by atoms with Crippen molar-refractivity contribution >= 4 is 40.7 Å². The van der Waals surface area contributed by atoms with E-state index in [2.05, 4.69) is 5.32 Å². The summed E-state index contributed by atoms with van der Waals surface area (Å²) in [6.45, 7) is 0. The van der Waals surface area contributed by atoms with Gasteiger partial charge in [0.25, 0.3) is 17.3 Å². The Balaban J connectivity index is 2.01. The van der Waals surface area contributed by atoms with Crippen molar-refractivity contribution in [3.05, 3.63) is 70.3 Å². The van der Waals surface area contributed by atoms with Crippen molar-refractivity contribution in [2.45, 2.75) is 5.60 Å². The second-order valence-corrected chi connectivity index (χ2v) is 6.07. The highest BCUT2D eigenvalue weighted by molar-refractivity contribution is 6.47. The molecule has 2 aromatic rings. The Labute approximate surface area is 146 Å². The highest BCUT2D eigenvalue weighted by Crippen LogP contribution is 2.49. The van der Waals surface area contributed by atoms with Crippen molar-refractivity contribution < 1.29 is 24.2 Å². The van der Waals surface area contributed by atoms with Gasteiger partial charge in [0.2, 0.25) is 0 Å². The van der Waals surface area contributed by atoms with Crippen LogP contribution >= 0.6 is 11.6 Å². The number of aliphatic hydroxyl groups is 1. The first-order valence-electron chi connectivity index (χ1n) is 7.33. The number of ether oxygens (including phenoxy) is 1. The number of hydrogen-bond donors (Lipinski definition) is 2. The van der Waals surface area contributed by atoms with Crippen LogP contribution in [0.5, 0.6) is 0 Å². The van der Waals surface area contributed by atoms with Gasteiger partial charge in [0.15, 0.2) is 0 Å². The van der Waals surface area contributed by atoms with Crippen molar-refractivity contribution in [3.63, 3.8) is 0 Å². The number of carbonyl (C=O) groups is 3. The molecule has 0 radical (unpaired) electrons. The zero-order chi connectivity index (χ0) is 17.8. The number of benzene rings is 2. The van der Waals surface area contributed by atoms with Gasteiger partial charge < -0.3 is 15.2 Å². The van der Waals surface area contributed by atoms with Crippen LogP contribution < -0.4 is 5.32 Å². The van der Waals surface area contributed by atoms with E-state index in [1.165, 1.54) is 24.3 Å². The Hall–Kier alpha value is -3.12. The van der Waals surface area contributed by atoms with E-state index in [1.807, 2.05) is 0 Å². The minimum Gasteiger partial charge on any atom is -0.507 e. The Kier molecular flexibility index (Phi) is 3.20. The number of aliphatic hydroxyl groups excluding tert-OH is 1. The minimum absolute atomic E-state index is 0.239. The number of para-hydroxylation sites is 1. The largest absolute Gasteiger partial charge is 0.507 e. The molecule has 1 atom stereocenters. The maximum Gasteiger partial charge on any atom is 0.381 e. The number of fused-ring (bicyclic) bond motifs is 2. The topological polar surface area (TPSA) is 92.7 Å². The molecule has 1 fully saturated rings. The predicted molar refractivity (Wildman–Crippen MR) is 88.8 cm³/mol. The highest BCUT2D eigenvalue weighted by atomic mass is 35.5. The molecule has 124 valence electrons. The van der Waals surface area contributed by atoms with Crippen molar-refractivity contribution in [2.24, 2.45) is 0 Å². The van der Waals surface area contributed by atoms with Crippen LogP contribution in [0.4, 0.5) is 5.69 Å². The Morgan fingerprint density at radius 1 is 1.04 bits per heavy atom. The molecule has 0 aromatic heterocycles. The summed E-state index contributed by atoms with van der Waals surface area (Å²) in [5.74, 6) is -3.45. The molecule has 6 nitrogen and oxygen atoms in total. The van der Waals surface area contributed by atoms with E-state index in [-0.39, 0.29) is 5.56 Å². The molecule has 0 unspecified atom stereocenters. The molecule has 2 aromatic carbocycles. The molecule has 1 spiro atoms. The van der Waals surface area contributed by atoms with Crippen LogP contribution in [0, 0.1) is 0 Å². The number of halogens is 1. The molecule has 25 heavy (non-hydrogen) atoms. The van der Waals surface area contributed by atoms with E-state index in [0.29, 0.717) is 16.3 Å². The van der Waals surface area contributed by atoms with Crippen molar-refractivity contribution in [2.75, 3.05) is 5.32 Å². The number of Topliss-reactive ketones (excluding diaryl/α,β-unsaturated/α-hetero) is 1. The SMILES string of the molecule is O=C1O[C@@]2(C(=O)Nc3ccccc32)C(=C(O)c2ccc(Cl)cc2)C1=O. The molecule has 2 aliphatic heterocycles. The van der Waals surface area contributed by atoms with Gasteiger partial charge in [0.05, 0.1) is 0 Å². The van der Waals surface area contributed by atoms with E-state index < -0.39 is 34.6 Å². The summed E-state index contributed by atoms with van der Waals surface area (Å²) < 4.78 is 5.20. The van der Waals surface area contributed by atoms with Gasteiger partial charge in [-0.15, -0.1) is 0 Å². The molecule has 2 aliphatic rings. The molecule has 4 rings (SSSR count). The minimum atomic E-state index is -1.99. The highest BCUT2D eigenvalue weighted by Gasteiger charge is 2.63. The van der Waals surface area contributed by atoms with Crippen LogP contribution in [-0.4, -0.2) is 22.8 Å². The van der Waals surface area contributed by atoms with Gasteiger partial charge in [-0.1, -0.05) is 29.8 Å². The van der Waals surface area contributed by atoms with Crippen LogP contribution in [-0.2, 0) is 24.7 Å². The number of rotatable bonds is 1. The second-order valence-electron chi connectivity index (χ2n) is 5.63. The molecule has 7 heteroatoms. The third-order valence-corrected chi connectivity index (χ3v) is 4.49. The quantitative estimate of drug-likeness (QED) is 0.355. The summed E-state index contributed by atoms with van der Waals surface area (Å²) in [6, 6.07) is 12.5. The molecular formula is C18H10ClNO5. The zero-order valence-electron chi connectivity index (χ0n) is 12.6. The van der Waals surface area contributed by atoms with E-state index in [9.17, 15) is 19.5 Å². The fraction of sp³-hybridized carbons (Fsp3) is 0.0556. The average molecular weight is 356 g/mol. The van der Waals surface area contributed by atoms with Crippen molar-refractivity contribution in [1.29, 1.82) is 0 Å². The first kappa shape index (κ1) is 15.4. The molecule has 0 bridgehead atoms. The number of nitrogens with one attached hydrogen (secondary N) is 1. The molecular weight excluding hydrogens is 346 g/mol. The number of amides is 1. The Morgan fingerprint density at radius 2 is 1.72 bits per heavy atom. The predicted octanol–water partition coefficient (Wildman–Crippen LogP) is 2.58. The second kappa shape index (κ2) is 5.19. The van der Waals surface area contributed by atoms with Crippen molar-refractivity contribution in [3.8, 4) is 0 Å².